The normalized spacial score (nSPS) is 11.5. The van der Waals surface area contributed by atoms with Crippen LogP contribution >= 0.6 is 11.3 Å². The molecule has 1 unspecified atom stereocenters. The van der Waals surface area contributed by atoms with Crippen LogP contribution in [-0.4, -0.2) is 53.6 Å². The van der Waals surface area contributed by atoms with Gasteiger partial charge < -0.3 is 19.5 Å². The second kappa shape index (κ2) is 10.8. The molecule has 0 spiro atoms. The number of fused-ring (bicyclic) bond motifs is 1. The number of hydrogen-bond acceptors (Lipinski definition) is 10. The molecule has 0 aliphatic rings. The van der Waals surface area contributed by atoms with Crippen LogP contribution in [-0.2, 0) is 19.0 Å². The van der Waals surface area contributed by atoms with Gasteiger partial charge in [-0.25, -0.2) is 14.4 Å². The first-order chi connectivity index (χ1) is 16.3. The Bertz CT molecular complexity index is 1250. The summed E-state index contributed by atoms with van der Waals surface area (Å²) in [5.41, 5.74) is 1.40. The predicted octanol–water partition coefficient (Wildman–Crippen LogP) is 3.54. The average Bonchev–Trinajstić information content (AvgIpc) is 3.17. The van der Waals surface area contributed by atoms with Crippen LogP contribution in [0.2, 0.25) is 0 Å². The predicted molar refractivity (Wildman–Crippen MR) is 124 cm³/mol. The van der Waals surface area contributed by atoms with E-state index in [2.05, 4.69) is 15.3 Å². The smallest absolute Gasteiger partial charge is 0.348 e. The van der Waals surface area contributed by atoms with Crippen molar-refractivity contribution in [2.75, 3.05) is 19.0 Å². The second-order valence-electron chi connectivity index (χ2n) is 6.99. The number of methoxy groups -OCH3 is 1. The number of para-hydroxylation sites is 1. The van der Waals surface area contributed by atoms with E-state index in [1.54, 1.807) is 32.9 Å². The molecule has 0 fully saturated rings. The van der Waals surface area contributed by atoms with Crippen molar-refractivity contribution in [1.82, 2.24) is 9.97 Å². The van der Waals surface area contributed by atoms with Crippen molar-refractivity contribution in [3.05, 3.63) is 52.2 Å². The lowest BCUT2D eigenvalue weighted by atomic mass is 10.1. The topological polar surface area (TPSA) is 134 Å². The number of nitrogens with one attached hydrogen (secondary N) is 1. The lowest BCUT2D eigenvalue weighted by Crippen LogP contribution is -2.32. The van der Waals surface area contributed by atoms with E-state index in [4.69, 9.17) is 14.2 Å². The molecule has 0 saturated heterocycles. The number of hydrogen-bond donors (Lipinski definition) is 1. The highest BCUT2D eigenvalue weighted by atomic mass is 32.1. The zero-order valence-electron chi connectivity index (χ0n) is 19.0. The third-order valence-corrected chi connectivity index (χ3v) is 6.05. The van der Waals surface area contributed by atoms with Crippen molar-refractivity contribution in [2.24, 2.45) is 0 Å². The molecular weight excluding hydrogens is 462 g/mol. The fourth-order valence-electron chi connectivity index (χ4n) is 3.21. The van der Waals surface area contributed by atoms with Gasteiger partial charge in [-0.05, 0) is 38.0 Å². The van der Waals surface area contributed by atoms with E-state index in [9.17, 15) is 19.2 Å². The third-order valence-electron chi connectivity index (χ3n) is 4.86. The van der Waals surface area contributed by atoms with Crippen molar-refractivity contribution < 1.29 is 33.4 Å². The molecule has 0 radical (unpaired) electrons. The number of ether oxygens (including phenoxy) is 3. The van der Waals surface area contributed by atoms with Gasteiger partial charge in [0.2, 0.25) is 0 Å². The van der Waals surface area contributed by atoms with Gasteiger partial charge in [-0.3, -0.25) is 14.8 Å². The molecule has 1 atom stereocenters. The molecule has 0 saturated carbocycles. The first kappa shape index (κ1) is 24.8. The highest BCUT2D eigenvalue weighted by Crippen LogP contribution is 2.34. The molecule has 3 aromatic rings. The number of thiophene rings is 1. The number of amides is 1. The average molecular weight is 486 g/mol. The third kappa shape index (κ3) is 5.04. The molecule has 2 heterocycles. The monoisotopic (exact) mass is 485 g/mol. The zero-order chi connectivity index (χ0) is 24.8. The number of carbonyl (C=O) groups excluding carboxylic acids is 4. The number of anilines is 1. The van der Waals surface area contributed by atoms with E-state index in [1.165, 1.54) is 25.6 Å². The summed E-state index contributed by atoms with van der Waals surface area (Å²) in [7, 11) is 1.19. The fraction of sp³-hybridized carbons (Fsp3) is 0.304. The summed E-state index contributed by atoms with van der Waals surface area (Å²) in [6, 6.07) is 4.88. The first-order valence-corrected chi connectivity index (χ1v) is 11.2. The van der Waals surface area contributed by atoms with Gasteiger partial charge in [-0.2, -0.15) is 0 Å². The van der Waals surface area contributed by atoms with Gasteiger partial charge in [0.15, 0.2) is 6.10 Å². The maximum atomic E-state index is 13.0. The van der Waals surface area contributed by atoms with Crippen LogP contribution in [0, 0.1) is 6.92 Å². The number of nitrogens with zero attached hydrogens (tertiary/aromatic N) is 2. The summed E-state index contributed by atoms with van der Waals surface area (Å²) < 4.78 is 15.3. The SMILES string of the molecule is CCOC(=O)c1sc(NC(=O)C(CC)OC(=O)c2cccc3nccnc23)c(C(=O)OC)c1C. The highest BCUT2D eigenvalue weighted by Gasteiger charge is 2.30. The van der Waals surface area contributed by atoms with Crippen LogP contribution in [0.15, 0.2) is 30.6 Å². The molecule has 1 N–H and O–H groups in total. The Morgan fingerprint density at radius 1 is 1.06 bits per heavy atom. The second-order valence-corrected chi connectivity index (χ2v) is 8.01. The first-order valence-electron chi connectivity index (χ1n) is 10.4. The quantitative estimate of drug-likeness (QED) is 0.375. The van der Waals surface area contributed by atoms with Crippen molar-refractivity contribution >= 4 is 51.2 Å². The van der Waals surface area contributed by atoms with E-state index in [1.807, 2.05) is 0 Å². The molecule has 11 heteroatoms. The highest BCUT2D eigenvalue weighted by molar-refractivity contribution is 7.18. The Kier molecular flexibility index (Phi) is 7.90. The standard InChI is InChI=1S/C23H23N3O7S/c1-5-15(33-21(28)13-8-7-9-14-17(13)25-11-10-24-14)19(27)26-20-16(22(29)31-4)12(3)18(34-20)23(30)32-6-2/h7-11,15H,5-6H2,1-4H3,(H,26,27). The van der Waals surface area contributed by atoms with Crippen molar-refractivity contribution in [3.63, 3.8) is 0 Å². The van der Waals surface area contributed by atoms with Crippen LogP contribution in [0.1, 0.15) is 56.2 Å². The maximum Gasteiger partial charge on any atom is 0.348 e. The van der Waals surface area contributed by atoms with E-state index in [0.29, 0.717) is 16.6 Å². The van der Waals surface area contributed by atoms with Crippen molar-refractivity contribution in [1.29, 1.82) is 0 Å². The van der Waals surface area contributed by atoms with Gasteiger partial charge in [-0.1, -0.05) is 13.0 Å². The molecular formula is C23H23N3O7S. The number of carbonyl (C=O) groups is 4. The number of benzene rings is 1. The van der Waals surface area contributed by atoms with Crippen molar-refractivity contribution in [2.45, 2.75) is 33.3 Å². The molecule has 2 aromatic heterocycles. The molecule has 1 amide bonds. The van der Waals surface area contributed by atoms with Gasteiger partial charge in [0.25, 0.3) is 5.91 Å². The summed E-state index contributed by atoms with van der Waals surface area (Å²) in [4.78, 5) is 58.9. The molecule has 34 heavy (non-hydrogen) atoms. The Morgan fingerprint density at radius 3 is 2.47 bits per heavy atom. The van der Waals surface area contributed by atoms with Crippen LogP contribution in [0.3, 0.4) is 0 Å². The minimum atomic E-state index is -1.17. The summed E-state index contributed by atoms with van der Waals surface area (Å²) in [6.07, 6.45) is 1.96. The van der Waals surface area contributed by atoms with E-state index in [0.717, 1.165) is 11.3 Å². The largest absolute Gasteiger partial charge is 0.465 e. The fourth-order valence-corrected chi connectivity index (χ4v) is 4.30. The molecule has 0 aliphatic heterocycles. The lowest BCUT2D eigenvalue weighted by Gasteiger charge is -2.16. The molecule has 178 valence electrons. The van der Waals surface area contributed by atoms with Gasteiger partial charge in [0.05, 0.1) is 30.4 Å². The van der Waals surface area contributed by atoms with E-state index in [-0.39, 0.29) is 34.0 Å². The van der Waals surface area contributed by atoms with Gasteiger partial charge in [0, 0.05) is 12.4 Å². The lowest BCUT2D eigenvalue weighted by molar-refractivity contribution is -0.124. The maximum absolute atomic E-state index is 13.0. The Morgan fingerprint density at radius 2 is 1.79 bits per heavy atom. The Balaban J connectivity index is 1.86. The van der Waals surface area contributed by atoms with Crippen LogP contribution in [0.5, 0.6) is 0 Å². The van der Waals surface area contributed by atoms with Crippen molar-refractivity contribution in [3.8, 4) is 0 Å². The number of aromatic nitrogens is 2. The Labute approximate surface area is 199 Å². The number of rotatable bonds is 8. The Hall–Kier alpha value is -3.86. The minimum Gasteiger partial charge on any atom is -0.465 e. The summed E-state index contributed by atoms with van der Waals surface area (Å²) in [5.74, 6) is -2.75. The van der Waals surface area contributed by atoms with Gasteiger partial charge >= 0.3 is 17.9 Å². The summed E-state index contributed by atoms with van der Waals surface area (Å²) >= 11 is 0.885. The van der Waals surface area contributed by atoms with Crippen LogP contribution in [0.25, 0.3) is 11.0 Å². The van der Waals surface area contributed by atoms with Gasteiger partial charge in [-0.15, -0.1) is 11.3 Å². The molecule has 10 nitrogen and oxygen atoms in total. The molecule has 1 aromatic carbocycles. The van der Waals surface area contributed by atoms with Crippen LogP contribution in [0.4, 0.5) is 5.00 Å². The van der Waals surface area contributed by atoms with Crippen LogP contribution < -0.4 is 5.32 Å². The van der Waals surface area contributed by atoms with E-state index < -0.39 is 29.9 Å². The molecule has 0 aliphatic carbocycles. The number of esters is 3. The molecule has 0 bridgehead atoms. The van der Waals surface area contributed by atoms with E-state index >= 15 is 0 Å². The summed E-state index contributed by atoms with van der Waals surface area (Å²) in [6.45, 7) is 5.04. The van der Waals surface area contributed by atoms with Gasteiger partial charge in [0.1, 0.15) is 15.4 Å². The zero-order valence-corrected chi connectivity index (χ0v) is 19.9. The summed E-state index contributed by atoms with van der Waals surface area (Å²) in [5, 5.41) is 2.69. The minimum absolute atomic E-state index is 0.0365. The molecule has 3 rings (SSSR count).